The van der Waals surface area contributed by atoms with Crippen LogP contribution < -0.4 is 24.6 Å². The summed E-state index contributed by atoms with van der Waals surface area (Å²) in [5.41, 5.74) is 3.14. The fourth-order valence-corrected chi connectivity index (χ4v) is 12.3. The Balaban J connectivity index is 1.39. The monoisotopic (exact) mass is 1270 g/mol. The first-order valence-corrected chi connectivity index (χ1v) is 33.2. The SMILES string of the molecule is CC1(CCCS(=O)(=O)O)\C(=C/C=C/C=C/C=C/C2N(CCCS(=O)(=O)O)c3ccc(S(=O)(=O)O)cc3C2(C)CCCC2=C/C=C\C=C/C=C\2)N(CCCCCC(=O)NCCCCCNC(=O)CI)c2ccc(OS(=O)O)cc21. The second kappa shape index (κ2) is 30.2. The maximum atomic E-state index is 12.7. The van der Waals surface area contributed by atoms with Crippen LogP contribution in [-0.4, -0.2) is 108 Å². The number of allylic oxidation sites excluding steroid dienone is 15. The number of carbonyl (C=O) groups excluding carboxylic acids is 2. The molecule has 0 radical (unpaired) electrons. The first-order chi connectivity index (χ1) is 36.9. The highest BCUT2D eigenvalue weighted by atomic mass is 127. The van der Waals surface area contributed by atoms with Crippen molar-refractivity contribution in [3.05, 3.63) is 144 Å². The number of hydrogen-bond acceptors (Lipinski definition) is 12. The number of carbonyl (C=O) groups is 2. The summed E-state index contributed by atoms with van der Waals surface area (Å²) in [6, 6.07) is 9.02. The largest absolute Gasteiger partial charge is 0.380 e. The zero-order valence-electron chi connectivity index (χ0n) is 44.0. The third-order valence-electron chi connectivity index (χ3n) is 14.1. The van der Waals surface area contributed by atoms with E-state index in [1.807, 2.05) is 126 Å². The van der Waals surface area contributed by atoms with Crippen molar-refractivity contribution in [1.29, 1.82) is 0 Å². The molecule has 2 aromatic carbocycles. The van der Waals surface area contributed by atoms with E-state index in [4.69, 9.17) is 4.18 Å². The topological polar surface area (TPSA) is 274 Å². The zero-order chi connectivity index (χ0) is 57.0. The standard InChI is InChI=1S/C55H73IN4O14S4/c1-54(32-19-24-43-22-11-5-3-6-12-23-43)47-41-45(78(71,72)73)29-31-49(47)60(37-21-39-77(68,69)70)50(54)25-13-7-4-8-14-26-51-55(2,33-20-38-76(65,66)67)46-40-44(74-75(63)64)28-30-48(46)59(51)36-18-9-15-27-52(61)57-34-16-10-17-35-58-53(62)42-56/h3-8,11-14,22-23,25-26,28-31,40-41,50H,9-10,15-21,24,27,32-39,42H2,1-2H3,(H,57,61)(H,58,62)(H,63,64)(H,65,66,67)(H,68,69,70)(H,71,72,73)/b5-3-,6-3?,7-4+,11-5?,12-6-,14-8+,22-11-,23-12?,25-13+,43-22?,43-23+,51-26+. The Morgan fingerprint density at radius 3 is 2.08 bits per heavy atom. The summed E-state index contributed by atoms with van der Waals surface area (Å²) in [5.74, 6) is -0.873. The summed E-state index contributed by atoms with van der Waals surface area (Å²) in [6.45, 7) is 5.84. The van der Waals surface area contributed by atoms with Gasteiger partial charge in [-0.05, 0) is 137 Å². The summed E-state index contributed by atoms with van der Waals surface area (Å²) in [5, 5.41) is 5.81. The van der Waals surface area contributed by atoms with E-state index in [2.05, 4.69) is 15.5 Å². The van der Waals surface area contributed by atoms with Gasteiger partial charge in [-0.3, -0.25) is 27.8 Å². The molecule has 4 atom stereocenters. The van der Waals surface area contributed by atoms with Gasteiger partial charge in [-0.2, -0.15) is 29.5 Å². The number of anilines is 2. The van der Waals surface area contributed by atoms with Crippen LogP contribution in [0.2, 0.25) is 0 Å². The number of hydrogen-bond donors (Lipinski definition) is 6. The van der Waals surface area contributed by atoms with E-state index in [-0.39, 0.29) is 48.3 Å². The maximum Gasteiger partial charge on any atom is 0.357 e. The average Bonchev–Trinajstić information content (AvgIpc) is 3.91. The number of alkyl halides is 1. The Morgan fingerprint density at radius 2 is 1.37 bits per heavy atom. The lowest BCUT2D eigenvalue weighted by Gasteiger charge is -2.35. The summed E-state index contributed by atoms with van der Waals surface area (Å²) >= 11 is -0.600. The van der Waals surface area contributed by atoms with Crippen LogP contribution in [0.5, 0.6) is 5.75 Å². The molecule has 5 rings (SSSR count). The molecule has 4 unspecified atom stereocenters. The van der Waals surface area contributed by atoms with E-state index in [1.165, 1.54) is 12.1 Å². The lowest BCUT2D eigenvalue weighted by Crippen LogP contribution is -2.42. The van der Waals surface area contributed by atoms with Crippen molar-refractivity contribution in [2.24, 2.45) is 0 Å². The smallest absolute Gasteiger partial charge is 0.357 e. The number of fused-ring (bicyclic) bond motifs is 2. The molecule has 3 aliphatic rings. The minimum atomic E-state index is -4.58. The quantitative estimate of drug-likeness (QED) is 0.00994. The van der Waals surface area contributed by atoms with Gasteiger partial charge in [0.25, 0.3) is 30.4 Å². The summed E-state index contributed by atoms with van der Waals surface area (Å²) < 4.78 is 129. The van der Waals surface area contributed by atoms with Gasteiger partial charge in [-0.1, -0.05) is 115 Å². The number of rotatable bonds is 32. The molecule has 0 saturated carbocycles. The van der Waals surface area contributed by atoms with Crippen molar-refractivity contribution < 1.29 is 61.4 Å². The number of halogens is 1. The van der Waals surface area contributed by atoms with E-state index >= 15 is 0 Å². The minimum absolute atomic E-state index is 0.00419. The van der Waals surface area contributed by atoms with Gasteiger partial charge in [0.1, 0.15) is 5.75 Å². The van der Waals surface area contributed by atoms with Gasteiger partial charge in [-0.25, -0.2) is 0 Å². The molecule has 2 aliphatic heterocycles. The summed E-state index contributed by atoms with van der Waals surface area (Å²) in [6.07, 6.45) is 34.1. The van der Waals surface area contributed by atoms with Crippen LogP contribution in [0, 0.1) is 0 Å². The van der Waals surface area contributed by atoms with Gasteiger partial charge in [0, 0.05) is 60.5 Å². The van der Waals surface area contributed by atoms with Crippen molar-refractivity contribution in [2.45, 2.75) is 119 Å². The number of benzene rings is 2. The van der Waals surface area contributed by atoms with Crippen LogP contribution in [0.4, 0.5) is 11.4 Å². The molecule has 0 spiro atoms. The number of amides is 2. The molecule has 23 heteroatoms. The molecule has 1 aliphatic carbocycles. The van der Waals surface area contributed by atoms with Crippen LogP contribution >= 0.6 is 22.6 Å². The van der Waals surface area contributed by atoms with Gasteiger partial charge in [0.05, 0.1) is 26.9 Å². The van der Waals surface area contributed by atoms with E-state index in [0.29, 0.717) is 80.3 Å². The molecule has 0 bridgehead atoms. The Bertz CT molecular complexity index is 3040. The van der Waals surface area contributed by atoms with Crippen molar-refractivity contribution in [2.75, 3.05) is 51.9 Å². The Labute approximate surface area is 476 Å². The predicted octanol–water partition coefficient (Wildman–Crippen LogP) is 9.35. The predicted molar refractivity (Wildman–Crippen MR) is 316 cm³/mol. The first kappa shape index (κ1) is 64.1. The van der Waals surface area contributed by atoms with Crippen LogP contribution in [-0.2, 0) is 62.1 Å². The summed E-state index contributed by atoms with van der Waals surface area (Å²) in [4.78, 5) is 27.9. The van der Waals surface area contributed by atoms with Gasteiger partial charge >= 0.3 is 11.4 Å². The average molecular weight is 1270 g/mol. The number of nitrogens with zero attached hydrogens (tertiary/aromatic N) is 2. The molecule has 18 nitrogen and oxygen atoms in total. The van der Waals surface area contributed by atoms with Crippen LogP contribution in [0.3, 0.4) is 0 Å². The zero-order valence-corrected chi connectivity index (χ0v) is 49.5. The molecule has 0 aromatic heterocycles. The molecule has 2 aromatic rings. The first-order valence-electron chi connectivity index (χ1n) is 26.0. The highest BCUT2D eigenvalue weighted by Crippen LogP contribution is 2.52. The molecule has 0 saturated heterocycles. The minimum Gasteiger partial charge on any atom is -0.380 e. The Kier molecular flexibility index (Phi) is 24.8. The molecular formula is C55H73IN4O14S4. The van der Waals surface area contributed by atoms with Crippen molar-refractivity contribution in [3.63, 3.8) is 0 Å². The maximum absolute atomic E-state index is 12.7. The number of unbranched alkanes of at least 4 members (excludes halogenated alkanes) is 4. The normalized spacial score (nSPS) is 22.3. The van der Waals surface area contributed by atoms with Crippen LogP contribution in [0.15, 0.2) is 138 Å². The molecular weight excluding hydrogens is 1200 g/mol. The van der Waals surface area contributed by atoms with Crippen molar-refractivity contribution in [3.8, 4) is 5.75 Å². The van der Waals surface area contributed by atoms with E-state index in [0.717, 1.165) is 41.8 Å². The van der Waals surface area contributed by atoms with Crippen LogP contribution in [0.1, 0.15) is 108 Å². The summed E-state index contributed by atoms with van der Waals surface area (Å²) in [7, 11) is -13.2. The van der Waals surface area contributed by atoms with E-state index < -0.39 is 70.1 Å². The highest BCUT2D eigenvalue weighted by molar-refractivity contribution is 14.1. The fraction of sp³-hybridized carbons (Fsp3) is 0.455. The Hall–Kier alpha value is -4.73. The molecule has 2 amide bonds. The highest BCUT2D eigenvalue weighted by Gasteiger charge is 2.47. The lowest BCUT2D eigenvalue weighted by atomic mass is 9.74. The molecule has 78 heavy (non-hydrogen) atoms. The number of nitrogens with one attached hydrogen (secondary N) is 2. The van der Waals surface area contributed by atoms with Gasteiger partial charge in [0.2, 0.25) is 11.8 Å². The lowest BCUT2D eigenvalue weighted by molar-refractivity contribution is -0.121. The van der Waals surface area contributed by atoms with Crippen molar-refractivity contribution >= 4 is 87.5 Å². The second-order valence-corrected chi connectivity index (χ2v) is 25.8. The fourth-order valence-electron chi connectivity index (χ4n) is 10.3. The Morgan fingerprint density at radius 1 is 0.718 bits per heavy atom. The molecule has 2 heterocycles. The van der Waals surface area contributed by atoms with E-state index in [9.17, 15) is 57.3 Å². The van der Waals surface area contributed by atoms with Gasteiger partial charge < -0.3 is 24.6 Å². The molecule has 0 fully saturated rings. The second-order valence-electron chi connectivity index (χ2n) is 19.8. The van der Waals surface area contributed by atoms with Crippen LogP contribution in [0.25, 0.3) is 0 Å². The van der Waals surface area contributed by atoms with Gasteiger partial charge in [0.15, 0.2) is 0 Å². The van der Waals surface area contributed by atoms with E-state index in [1.54, 1.807) is 24.3 Å². The third-order valence-corrected chi connectivity index (χ3v) is 17.5. The van der Waals surface area contributed by atoms with Crippen molar-refractivity contribution in [1.82, 2.24) is 10.6 Å². The molecule has 6 N–H and O–H groups in total. The third kappa shape index (κ3) is 19.8. The van der Waals surface area contributed by atoms with Gasteiger partial charge in [-0.15, -0.1) is 0 Å². The molecule has 428 valence electrons.